The lowest BCUT2D eigenvalue weighted by Crippen LogP contribution is -2.44. The van der Waals surface area contributed by atoms with Gasteiger partial charge in [0.15, 0.2) is 16.6 Å². The predicted octanol–water partition coefficient (Wildman–Crippen LogP) is 7.26. The SMILES string of the molecule is C=C(C#N)C(C/C=C/CC(O[Si](C)(C)C(C)(C)C)C(=C)C#N)O[Si](C)(C)C(C)(C)C. The quantitative estimate of drug-likeness (QED) is 0.201. The van der Waals surface area contributed by atoms with E-state index in [-0.39, 0.29) is 22.3 Å². The molecule has 6 heteroatoms. The Bertz CT molecular complexity index is 664. The number of nitrogens with zero attached hydrogens (tertiary/aromatic N) is 2. The van der Waals surface area contributed by atoms with Crippen molar-refractivity contribution in [3.63, 3.8) is 0 Å². The first-order valence-electron chi connectivity index (χ1n) is 10.6. The van der Waals surface area contributed by atoms with Crippen LogP contribution >= 0.6 is 0 Å². The maximum absolute atomic E-state index is 9.36. The van der Waals surface area contributed by atoms with Crippen LogP contribution in [0.4, 0.5) is 0 Å². The van der Waals surface area contributed by atoms with Gasteiger partial charge in [-0.3, -0.25) is 0 Å². The van der Waals surface area contributed by atoms with Crippen LogP contribution in [-0.4, -0.2) is 28.8 Å². The summed E-state index contributed by atoms with van der Waals surface area (Å²) >= 11 is 0. The van der Waals surface area contributed by atoms with Gasteiger partial charge >= 0.3 is 0 Å². The fraction of sp³-hybridized carbons (Fsp3) is 0.667. The van der Waals surface area contributed by atoms with E-state index in [1.807, 2.05) is 12.2 Å². The van der Waals surface area contributed by atoms with Crippen LogP contribution < -0.4 is 0 Å². The molecule has 0 bridgehead atoms. The predicted molar refractivity (Wildman–Crippen MR) is 132 cm³/mol. The zero-order valence-corrected chi connectivity index (χ0v) is 22.8. The molecule has 0 saturated heterocycles. The van der Waals surface area contributed by atoms with Crippen molar-refractivity contribution in [1.29, 1.82) is 10.5 Å². The Labute approximate surface area is 187 Å². The molecule has 0 fully saturated rings. The van der Waals surface area contributed by atoms with Crippen LogP contribution in [0.5, 0.6) is 0 Å². The molecule has 2 unspecified atom stereocenters. The molecular formula is C24H42N2O2Si2. The van der Waals surface area contributed by atoms with Crippen molar-refractivity contribution in [3.8, 4) is 12.1 Å². The number of nitriles is 2. The van der Waals surface area contributed by atoms with Gasteiger partial charge in [-0.05, 0) is 49.1 Å². The summed E-state index contributed by atoms with van der Waals surface area (Å²) in [5, 5.41) is 18.8. The van der Waals surface area contributed by atoms with Gasteiger partial charge in [0.2, 0.25) is 0 Å². The zero-order valence-electron chi connectivity index (χ0n) is 20.8. The van der Waals surface area contributed by atoms with E-state index in [2.05, 4.69) is 93.0 Å². The van der Waals surface area contributed by atoms with E-state index in [1.165, 1.54) is 0 Å². The summed E-state index contributed by atoms with van der Waals surface area (Å²) in [6.45, 7) is 29.6. The largest absolute Gasteiger partial charge is 0.409 e. The molecule has 0 aliphatic rings. The molecule has 0 N–H and O–H groups in total. The standard InChI is InChI=1S/C24H42N2O2Si2/c1-19(17-25)21(27-29(9,10)23(3,4)5)15-13-14-16-22(20(2)18-26)28-30(11,12)24(6,7)8/h13-14,21-22H,1-2,15-16H2,3-12H3/b14-13+. The number of hydrogen-bond acceptors (Lipinski definition) is 4. The van der Waals surface area contributed by atoms with Gasteiger partial charge in [-0.1, -0.05) is 66.9 Å². The lowest BCUT2D eigenvalue weighted by Gasteiger charge is -2.39. The lowest BCUT2D eigenvalue weighted by molar-refractivity contribution is 0.217. The fourth-order valence-corrected chi connectivity index (χ4v) is 4.78. The molecule has 0 aromatic heterocycles. The van der Waals surface area contributed by atoms with Gasteiger partial charge in [0.25, 0.3) is 0 Å². The van der Waals surface area contributed by atoms with E-state index in [9.17, 15) is 10.5 Å². The molecule has 0 heterocycles. The molecule has 0 amide bonds. The number of rotatable bonds is 10. The third-order valence-electron chi connectivity index (χ3n) is 6.42. The minimum Gasteiger partial charge on any atom is -0.409 e. The molecule has 2 atom stereocenters. The van der Waals surface area contributed by atoms with Crippen molar-refractivity contribution in [2.24, 2.45) is 0 Å². The van der Waals surface area contributed by atoms with Gasteiger partial charge in [-0.2, -0.15) is 10.5 Å². The van der Waals surface area contributed by atoms with Crippen molar-refractivity contribution >= 4 is 16.6 Å². The van der Waals surface area contributed by atoms with Crippen molar-refractivity contribution in [3.05, 3.63) is 36.5 Å². The lowest BCUT2D eigenvalue weighted by atomic mass is 10.1. The Balaban J connectivity index is 5.33. The summed E-state index contributed by atoms with van der Waals surface area (Å²) in [6.07, 6.45) is 4.51. The Hall–Kier alpha value is -1.45. The molecule has 0 aromatic carbocycles. The molecule has 0 aromatic rings. The van der Waals surface area contributed by atoms with Crippen LogP contribution in [0.2, 0.25) is 36.3 Å². The van der Waals surface area contributed by atoms with Crippen molar-refractivity contribution in [1.82, 2.24) is 0 Å². The smallest absolute Gasteiger partial charge is 0.192 e. The topological polar surface area (TPSA) is 66.0 Å². The maximum atomic E-state index is 9.36. The van der Waals surface area contributed by atoms with Crippen molar-refractivity contribution in [2.75, 3.05) is 0 Å². The molecule has 0 spiro atoms. The third-order valence-corrected chi connectivity index (χ3v) is 15.4. The second-order valence-corrected chi connectivity index (χ2v) is 20.5. The van der Waals surface area contributed by atoms with Crippen LogP contribution in [0.25, 0.3) is 0 Å². The van der Waals surface area contributed by atoms with Crippen LogP contribution in [0.3, 0.4) is 0 Å². The van der Waals surface area contributed by atoms with Gasteiger partial charge in [0.1, 0.15) is 0 Å². The summed E-state index contributed by atoms with van der Waals surface area (Å²) in [6, 6.07) is 4.31. The van der Waals surface area contributed by atoms with E-state index >= 15 is 0 Å². The average molecular weight is 447 g/mol. The maximum Gasteiger partial charge on any atom is 0.192 e. The van der Waals surface area contributed by atoms with Crippen LogP contribution in [0, 0.1) is 22.7 Å². The van der Waals surface area contributed by atoms with Gasteiger partial charge in [0, 0.05) is 0 Å². The Morgan fingerprint density at radius 3 is 1.23 bits per heavy atom. The molecule has 0 aliphatic carbocycles. The van der Waals surface area contributed by atoms with E-state index in [4.69, 9.17) is 8.85 Å². The highest BCUT2D eigenvalue weighted by molar-refractivity contribution is 6.74. The van der Waals surface area contributed by atoms with E-state index in [0.717, 1.165) is 0 Å². The van der Waals surface area contributed by atoms with Gasteiger partial charge in [-0.25, -0.2) is 0 Å². The summed E-state index contributed by atoms with van der Waals surface area (Å²) in [7, 11) is -4.06. The van der Waals surface area contributed by atoms with Crippen molar-refractivity contribution in [2.45, 2.75) is 103 Å². The highest BCUT2D eigenvalue weighted by atomic mass is 28.4. The molecular weight excluding hydrogens is 404 g/mol. The van der Waals surface area contributed by atoms with Gasteiger partial charge < -0.3 is 8.85 Å². The van der Waals surface area contributed by atoms with Crippen LogP contribution in [0.15, 0.2) is 36.5 Å². The normalized spacial score (nSPS) is 15.3. The molecule has 4 nitrogen and oxygen atoms in total. The molecule has 0 radical (unpaired) electrons. The molecule has 168 valence electrons. The summed E-state index contributed by atoms with van der Waals surface area (Å²) in [5.74, 6) is 0. The first kappa shape index (κ1) is 28.6. The minimum absolute atomic E-state index is 0.0529. The summed E-state index contributed by atoms with van der Waals surface area (Å²) in [5.41, 5.74) is 0.889. The van der Waals surface area contributed by atoms with Gasteiger partial charge in [-0.15, -0.1) is 0 Å². The van der Waals surface area contributed by atoms with E-state index in [0.29, 0.717) is 24.0 Å². The molecule has 0 rings (SSSR count). The fourth-order valence-electron chi connectivity index (χ4n) is 2.17. The second kappa shape index (κ2) is 10.7. The average Bonchev–Trinajstić information content (AvgIpc) is 2.59. The Morgan fingerprint density at radius 2 is 1.03 bits per heavy atom. The number of hydrogen-bond donors (Lipinski definition) is 0. The highest BCUT2D eigenvalue weighted by Gasteiger charge is 2.40. The Kier molecular flexibility index (Phi) is 10.2. The van der Waals surface area contributed by atoms with E-state index in [1.54, 1.807) is 0 Å². The Morgan fingerprint density at radius 1 is 0.767 bits per heavy atom. The summed E-state index contributed by atoms with van der Waals surface area (Å²) in [4.78, 5) is 0. The second-order valence-electron chi connectivity index (χ2n) is 11.0. The van der Waals surface area contributed by atoms with Crippen molar-refractivity contribution < 1.29 is 8.85 Å². The van der Waals surface area contributed by atoms with Crippen LogP contribution in [0.1, 0.15) is 54.4 Å². The summed E-state index contributed by atoms with van der Waals surface area (Å²) < 4.78 is 12.9. The molecule has 30 heavy (non-hydrogen) atoms. The monoisotopic (exact) mass is 446 g/mol. The van der Waals surface area contributed by atoms with Crippen LogP contribution in [-0.2, 0) is 8.85 Å². The first-order valence-corrected chi connectivity index (χ1v) is 16.4. The minimum atomic E-state index is -2.03. The third kappa shape index (κ3) is 8.36. The highest BCUT2D eigenvalue weighted by Crippen LogP contribution is 2.39. The molecule has 0 aliphatic heterocycles. The van der Waals surface area contributed by atoms with Gasteiger partial charge in [0.05, 0.1) is 35.5 Å². The first-order chi connectivity index (χ1) is 13.4. The molecule has 0 saturated carbocycles. The zero-order chi connectivity index (χ0) is 24.0. The van der Waals surface area contributed by atoms with E-state index < -0.39 is 16.6 Å².